The highest BCUT2D eigenvalue weighted by Gasteiger charge is 2.49. The zero-order valence-electron chi connectivity index (χ0n) is 37.0. The van der Waals surface area contributed by atoms with Gasteiger partial charge in [-0.1, -0.05) is 161 Å². The summed E-state index contributed by atoms with van der Waals surface area (Å²) in [6, 6.07) is 44.5. The van der Waals surface area contributed by atoms with E-state index >= 15 is 0 Å². The van der Waals surface area contributed by atoms with Gasteiger partial charge in [0.2, 0.25) is 0 Å². The minimum atomic E-state index is 0.616. The van der Waals surface area contributed by atoms with Crippen LogP contribution in [0.3, 0.4) is 0 Å². The van der Waals surface area contributed by atoms with Crippen LogP contribution in [0.15, 0.2) is 121 Å². The molecule has 0 saturated heterocycles. The molecule has 2 aliphatic rings. The quantitative estimate of drug-likeness (QED) is 0.140. The van der Waals surface area contributed by atoms with Crippen LogP contribution in [0.5, 0.6) is 0 Å². The van der Waals surface area contributed by atoms with Crippen molar-refractivity contribution < 1.29 is 0 Å². The van der Waals surface area contributed by atoms with Crippen LogP contribution in [0.1, 0.15) is 89.5 Å². The lowest BCUT2D eigenvalue weighted by Crippen LogP contribution is -2.52. The largest absolute Gasteiger partial charge is 0.310 e. The Hall–Kier alpha value is -4.56. The lowest BCUT2D eigenvalue weighted by molar-refractivity contribution is 0.206. The molecule has 8 rings (SSSR count). The van der Waals surface area contributed by atoms with E-state index in [1.54, 1.807) is 16.6 Å². The Bertz CT molecular complexity index is 2270. The zero-order valence-corrected chi connectivity index (χ0v) is 37.0. The van der Waals surface area contributed by atoms with Gasteiger partial charge in [0, 0.05) is 16.8 Å². The summed E-state index contributed by atoms with van der Waals surface area (Å²) in [5.41, 5.74) is 16.5. The van der Waals surface area contributed by atoms with Gasteiger partial charge in [0.05, 0.1) is 5.69 Å². The fourth-order valence-electron chi connectivity index (χ4n) is 12.9. The molecule has 4 unspecified atom stereocenters. The van der Waals surface area contributed by atoms with Crippen LogP contribution in [0.25, 0.3) is 33.0 Å². The molecule has 6 aromatic carbocycles. The smallest absolute Gasteiger partial charge is 0.183 e. The van der Waals surface area contributed by atoms with Crippen molar-refractivity contribution in [2.45, 2.75) is 107 Å². The third-order valence-corrected chi connectivity index (χ3v) is 15.2. The molecular weight excluding hydrogens is 697 g/mol. The second kappa shape index (κ2) is 16.6. The van der Waals surface area contributed by atoms with Crippen LogP contribution < -0.4 is 10.4 Å². The van der Waals surface area contributed by atoms with Crippen LogP contribution in [-0.2, 0) is 0 Å². The van der Waals surface area contributed by atoms with Crippen LogP contribution >= 0.6 is 0 Å². The van der Waals surface area contributed by atoms with Crippen molar-refractivity contribution in [2.24, 2.45) is 35.5 Å². The number of hydrogen-bond donors (Lipinski definition) is 0. The molecule has 298 valence electrons. The molecule has 0 heterocycles. The van der Waals surface area contributed by atoms with Gasteiger partial charge in [-0.2, -0.15) is 0 Å². The topological polar surface area (TPSA) is 3.24 Å². The average molecular weight is 764 g/mol. The highest BCUT2D eigenvalue weighted by molar-refractivity contribution is 6.77. The normalized spacial score (nSPS) is 24.8. The van der Waals surface area contributed by atoms with Crippen LogP contribution in [0, 0.1) is 63.2 Å². The van der Waals surface area contributed by atoms with Gasteiger partial charge >= 0.3 is 0 Å². The summed E-state index contributed by atoms with van der Waals surface area (Å²) in [6.45, 7) is 25.8. The third kappa shape index (κ3) is 7.46. The van der Waals surface area contributed by atoms with E-state index in [0.29, 0.717) is 6.71 Å². The van der Waals surface area contributed by atoms with Crippen LogP contribution in [-0.4, -0.2) is 6.71 Å². The highest BCUT2D eigenvalue weighted by atomic mass is 15.1. The molecule has 2 fully saturated rings. The van der Waals surface area contributed by atoms with Crippen molar-refractivity contribution in [3.8, 4) is 22.3 Å². The summed E-state index contributed by atoms with van der Waals surface area (Å²) < 4.78 is 0. The lowest BCUT2D eigenvalue weighted by Gasteiger charge is -2.50. The fraction of sp³-hybridized carbons (Fsp3) is 0.393. The van der Waals surface area contributed by atoms with Crippen molar-refractivity contribution in [1.82, 2.24) is 0 Å². The molecule has 0 aliphatic heterocycles. The van der Waals surface area contributed by atoms with Gasteiger partial charge in [0.1, 0.15) is 0 Å². The summed E-state index contributed by atoms with van der Waals surface area (Å²) in [4.78, 5) is 2.38. The molecule has 4 atom stereocenters. The summed E-state index contributed by atoms with van der Waals surface area (Å²) in [5.74, 6) is 6.14. The predicted molar refractivity (Wildman–Crippen MR) is 255 cm³/mol. The van der Waals surface area contributed by atoms with Gasteiger partial charge in [-0.05, 0) is 158 Å². The third-order valence-electron chi connectivity index (χ3n) is 15.2. The molecule has 0 amide bonds. The van der Waals surface area contributed by atoms with E-state index in [2.05, 4.69) is 195 Å². The molecule has 6 aromatic rings. The Morgan fingerprint density at radius 2 is 0.862 bits per heavy atom. The molecule has 2 aliphatic carbocycles. The maximum absolute atomic E-state index is 2.60. The number of para-hydroxylation sites is 1. The summed E-state index contributed by atoms with van der Waals surface area (Å²) in [7, 11) is 0. The standard InChI is InChI=1S/C56H66BN/c1-35-31-37(3)54(38(4)32-35)57(55-39(5)33-36(2)34-40(55)6)56-43(9)41(7)53(42(8)44(56)10)48-25-23-45(24-26-48)46-27-29-50(30-28-46)58(49-19-12-11-13-20-49)52-22-16-18-47-17-14-15-21-51(47)52/h11-30,35-40,54-55H,31-34H2,1-10H3. The molecule has 1 nitrogen and oxygen atoms in total. The molecule has 0 N–H and O–H groups in total. The van der Waals surface area contributed by atoms with Crippen LogP contribution in [0.4, 0.5) is 17.1 Å². The van der Waals surface area contributed by atoms with Gasteiger partial charge < -0.3 is 4.90 Å². The van der Waals surface area contributed by atoms with Crippen molar-refractivity contribution in [1.29, 1.82) is 0 Å². The monoisotopic (exact) mass is 764 g/mol. The minimum Gasteiger partial charge on any atom is -0.310 e. The first kappa shape index (κ1) is 40.2. The lowest BCUT2D eigenvalue weighted by atomic mass is 9.22. The number of fused-ring (bicyclic) bond motifs is 1. The molecule has 0 bridgehead atoms. The van der Waals surface area contributed by atoms with Gasteiger partial charge in [0.15, 0.2) is 6.71 Å². The summed E-state index contributed by atoms with van der Waals surface area (Å²) in [5, 5.41) is 2.49. The number of anilines is 3. The fourth-order valence-corrected chi connectivity index (χ4v) is 12.9. The van der Waals surface area contributed by atoms with E-state index in [9.17, 15) is 0 Å². The molecule has 2 saturated carbocycles. The Kier molecular flexibility index (Phi) is 11.5. The first-order valence-corrected chi connectivity index (χ1v) is 22.6. The molecule has 2 heteroatoms. The number of hydrogen-bond acceptors (Lipinski definition) is 1. The van der Waals surface area contributed by atoms with Gasteiger partial charge in [-0.25, -0.2) is 0 Å². The van der Waals surface area contributed by atoms with E-state index in [1.165, 1.54) is 75.5 Å². The SMILES string of the molecule is Cc1c(C)c(-c2ccc(-c3ccc(N(c4ccccc4)c4cccc5ccccc45)cc3)cc2)c(C)c(C)c1B(C1C(C)CC(C)CC1C)C1C(C)CC(C)CC1C. The van der Waals surface area contributed by atoms with Gasteiger partial charge in [0.25, 0.3) is 0 Å². The van der Waals surface area contributed by atoms with E-state index in [1.807, 2.05) is 0 Å². The summed E-state index contributed by atoms with van der Waals surface area (Å²) >= 11 is 0. The van der Waals surface area contributed by atoms with E-state index < -0.39 is 0 Å². The van der Waals surface area contributed by atoms with E-state index in [-0.39, 0.29) is 0 Å². The predicted octanol–water partition coefficient (Wildman–Crippen LogP) is 15.7. The Balaban J connectivity index is 1.13. The first-order valence-electron chi connectivity index (χ1n) is 22.6. The van der Waals surface area contributed by atoms with E-state index in [0.717, 1.165) is 58.5 Å². The molecule has 0 spiro atoms. The molecule has 58 heavy (non-hydrogen) atoms. The maximum Gasteiger partial charge on any atom is 0.183 e. The maximum atomic E-state index is 2.60. The number of rotatable bonds is 8. The number of nitrogens with zero attached hydrogens (tertiary/aromatic N) is 1. The van der Waals surface area contributed by atoms with Crippen LogP contribution in [0.2, 0.25) is 11.6 Å². The van der Waals surface area contributed by atoms with Crippen molar-refractivity contribution in [3.63, 3.8) is 0 Å². The first-order chi connectivity index (χ1) is 27.9. The zero-order chi connectivity index (χ0) is 40.8. The second-order valence-corrected chi connectivity index (χ2v) is 19.3. The second-order valence-electron chi connectivity index (χ2n) is 19.3. The highest BCUT2D eigenvalue weighted by Crippen LogP contribution is 2.53. The summed E-state index contributed by atoms with van der Waals surface area (Å²) in [6.07, 6.45) is 5.48. The van der Waals surface area contributed by atoms with Gasteiger partial charge in [-0.15, -0.1) is 0 Å². The minimum absolute atomic E-state index is 0.616. The Morgan fingerprint density at radius 1 is 0.431 bits per heavy atom. The Morgan fingerprint density at radius 3 is 1.40 bits per heavy atom. The molecular formula is C56H66BN. The van der Waals surface area contributed by atoms with Gasteiger partial charge in [-0.3, -0.25) is 0 Å². The molecule has 0 radical (unpaired) electrons. The average Bonchev–Trinajstić information content (AvgIpc) is 3.20. The van der Waals surface area contributed by atoms with E-state index in [4.69, 9.17) is 0 Å². The molecule has 0 aromatic heterocycles. The van der Waals surface area contributed by atoms with Crippen molar-refractivity contribution >= 4 is 40.0 Å². The van der Waals surface area contributed by atoms with Crippen molar-refractivity contribution in [3.05, 3.63) is 144 Å². The Labute approximate surface area is 351 Å². The van der Waals surface area contributed by atoms with Crippen molar-refractivity contribution in [2.75, 3.05) is 4.90 Å². The number of benzene rings is 6.